The molecule has 2 unspecified atom stereocenters. The standard InChI is InChI=1S/C3H6ClO3P/c1-3(4)2-7-8(5)6/h3H,2H2,1H3. The van der Waals surface area contributed by atoms with Gasteiger partial charge in [-0.15, -0.1) is 16.1 Å². The maximum atomic E-state index is 9.66. The molecule has 0 aliphatic rings. The molecule has 2 atom stereocenters. The Balaban J connectivity index is 3.05. The van der Waals surface area contributed by atoms with Gasteiger partial charge in [-0.3, -0.25) is 0 Å². The van der Waals surface area contributed by atoms with Crippen molar-refractivity contribution in [3.8, 4) is 0 Å². The van der Waals surface area contributed by atoms with Crippen LogP contribution in [0.3, 0.4) is 0 Å². The van der Waals surface area contributed by atoms with Gasteiger partial charge in [0.25, 0.3) is 0 Å². The summed E-state index contributed by atoms with van der Waals surface area (Å²) in [7, 11) is -2.72. The maximum absolute atomic E-state index is 9.66. The lowest BCUT2D eigenvalue weighted by Crippen LogP contribution is -2.02. The van der Waals surface area contributed by atoms with Crippen LogP contribution < -0.4 is 4.89 Å². The fourth-order valence-corrected chi connectivity index (χ4v) is 0.660. The van der Waals surface area contributed by atoms with Crippen molar-refractivity contribution >= 4 is 19.9 Å². The second-order valence-electron chi connectivity index (χ2n) is 1.30. The average Bonchev–Trinajstić information content (AvgIpc) is 1.61. The van der Waals surface area contributed by atoms with Crippen LogP contribution in [-0.2, 0) is 9.09 Å². The summed E-state index contributed by atoms with van der Waals surface area (Å²) in [5, 5.41) is -0.247. The second kappa shape index (κ2) is 4.21. The molecule has 3 nitrogen and oxygen atoms in total. The number of rotatable bonds is 3. The highest BCUT2D eigenvalue weighted by Gasteiger charge is 2.03. The van der Waals surface area contributed by atoms with Crippen LogP contribution in [-0.4, -0.2) is 12.0 Å². The van der Waals surface area contributed by atoms with E-state index < -0.39 is 8.25 Å². The molecule has 0 aliphatic carbocycles. The third-order valence-corrected chi connectivity index (χ3v) is 0.895. The molecule has 0 fully saturated rings. The fraction of sp³-hybridized carbons (Fsp3) is 1.00. The predicted octanol–water partition coefficient (Wildman–Crippen LogP) is 0.648. The first-order valence-corrected chi connectivity index (χ1v) is 3.57. The molecule has 0 heterocycles. The van der Waals surface area contributed by atoms with E-state index in [1.54, 1.807) is 6.92 Å². The highest BCUT2D eigenvalue weighted by atomic mass is 35.5. The molecule has 0 aliphatic heterocycles. The van der Waals surface area contributed by atoms with Crippen molar-refractivity contribution in [1.29, 1.82) is 0 Å². The van der Waals surface area contributed by atoms with Crippen molar-refractivity contribution in [3.63, 3.8) is 0 Å². The Bertz CT molecular complexity index is 84.6. The van der Waals surface area contributed by atoms with E-state index in [1.807, 2.05) is 0 Å². The molecule has 0 rings (SSSR count). The minimum atomic E-state index is -2.72. The van der Waals surface area contributed by atoms with Crippen molar-refractivity contribution in [2.45, 2.75) is 12.3 Å². The van der Waals surface area contributed by atoms with Gasteiger partial charge in [-0.05, 0) is 11.5 Å². The van der Waals surface area contributed by atoms with Crippen LogP contribution >= 0.6 is 19.9 Å². The molecule has 48 valence electrons. The first kappa shape index (κ1) is 8.31. The Labute approximate surface area is 53.6 Å². The molecule has 5 heteroatoms. The van der Waals surface area contributed by atoms with E-state index in [1.165, 1.54) is 0 Å². The van der Waals surface area contributed by atoms with Gasteiger partial charge in [0.05, 0.1) is 5.38 Å². The molecular weight excluding hydrogens is 150 g/mol. The second-order valence-corrected chi connectivity index (χ2v) is 2.75. The first-order chi connectivity index (χ1) is 3.63. The quantitative estimate of drug-likeness (QED) is 0.445. The van der Waals surface area contributed by atoms with Crippen LogP contribution in [0, 0.1) is 0 Å². The zero-order valence-electron chi connectivity index (χ0n) is 4.33. The summed E-state index contributed by atoms with van der Waals surface area (Å²) in [6.07, 6.45) is 0. The van der Waals surface area contributed by atoms with Crippen LogP contribution in [0.5, 0.6) is 0 Å². The summed E-state index contributed by atoms with van der Waals surface area (Å²) in [6.45, 7) is 1.71. The Morgan fingerprint density at radius 2 is 2.50 bits per heavy atom. The third-order valence-electron chi connectivity index (χ3n) is 0.410. The van der Waals surface area contributed by atoms with Crippen molar-refractivity contribution in [1.82, 2.24) is 0 Å². The average molecular weight is 157 g/mol. The monoisotopic (exact) mass is 156 g/mol. The minimum Gasteiger partial charge on any atom is -0.566 e. The lowest BCUT2D eigenvalue weighted by Gasteiger charge is -1.93. The van der Waals surface area contributed by atoms with Gasteiger partial charge in [-0.2, -0.15) is 0 Å². The number of alkyl halides is 1. The van der Waals surface area contributed by atoms with Crippen LogP contribution in [0.25, 0.3) is 0 Å². The summed E-state index contributed by atoms with van der Waals surface area (Å²) in [6, 6.07) is 0. The van der Waals surface area contributed by atoms with Crippen LogP contribution in [0.4, 0.5) is 0 Å². The summed E-state index contributed by atoms with van der Waals surface area (Å²) in [4.78, 5) is 9.66. The van der Waals surface area contributed by atoms with Crippen molar-refractivity contribution in [2.24, 2.45) is 0 Å². The van der Waals surface area contributed by atoms with E-state index in [2.05, 4.69) is 4.52 Å². The van der Waals surface area contributed by atoms with Crippen LogP contribution in [0.1, 0.15) is 6.92 Å². The van der Waals surface area contributed by atoms with E-state index in [0.29, 0.717) is 0 Å². The van der Waals surface area contributed by atoms with Gasteiger partial charge in [0.1, 0.15) is 6.61 Å². The number of hydrogen-bond donors (Lipinski definition) is 0. The molecule has 0 radical (unpaired) electrons. The molecule has 0 spiro atoms. The molecule has 0 aromatic heterocycles. The molecule has 0 N–H and O–H groups in total. The summed E-state index contributed by atoms with van der Waals surface area (Å²) in [5.74, 6) is 0. The van der Waals surface area contributed by atoms with E-state index in [0.717, 1.165) is 0 Å². The summed E-state index contributed by atoms with van der Waals surface area (Å²) < 4.78 is 13.8. The number of halogens is 1. The Morgan fingerprint density at radius 3 is 2.62 bits per heavy atom. The smallest absolute Gasteiger partial charge is 0.488 e. The SMILES string of the molecule is CC(Cl)CO[P+](=O)[O-]. The van der Waals surface area contributed by atoms with Gasteiger partial charge in [0.2, 0.25) is 0 Å². The molecule has 0 amide bonds. The molecular formula is C3H6ClO3P. The van der Waals surface area contributed by atoms with Crippen molar-refractivity contribution in [3.05, 3.63) is 0 Å². The largest absolute Gasteiger partial charge is 0.566 e. The van der Waals surface area contributed by atoms with Gasteiger partial charge >= 0.3 is 8.25 Å². The molecule has 0 saturated carbocycles. The fourth-order valence-electron chi connectivity index (χ4n) is 0.164. The summed E-state index contributed by atoms with van der Waals surface area (Å²) in [5.41, 5.74) is 0. The van der Waals surface area contributed by atoms with Gasteiger partial charge in [0.15, 0.2) is 0 Å². The van der Waals surface area contributed by atoms with Crippen LogP contribution in [0.2, 0.25) is 0 Å². The zero-order chi connectivity index (χ0) is 6.57. The third kappa shape index (κ3) is 6.31. The Hall–Kier alpha value is 0.310. The lowest BCUT2D eigenvalue weighted by atomic mass is 10.5. The van der Waals surface area contributed by atoms with Crippen molar-refractivity contribution < 1.29 is 14.0 Å². The minimum absolute atomic E-state index is 0.0558. The van der Waals surface area contributed by atoms with Gasteiger partial charge in [-0.25, -0.2) is 0 Å². The van der Waals surface area contributed by atoms with Gasteiger partial charge < -0.3 is 4.89 Å². The van der Waals surface area contributed by atoms with E-state index >= 15 is 0 Å². The topological polar surface area (TPSA) is 49.4 Å². The highest BCUT2D eigenvalue weighted by molar-refractivity contribution is 7.30. The predicted molar refractivity (Wildman–Crippen MR) is 28.9 cm³/mol. The van der Waals surface area contributed by atoms with E-state index in [-0.39, 0.29) is 12.0 Å². The Kier molecular flexibility index (Phi) is 4.38. The molecule has 0 aromatic rings. The molecule has 0 aromatic carbocycles. The summed E-state index contributed by atoms with van der Waals surface area (Å²) >= 11 is 5.33. The zero-order valence-corrected chi connectivity index (χ0v) is 5.98. The lowest BCUT2D eigenvalue weighted by molar-refractivity contribution is -0.185. The van der Waals surface area contributed by atoms with E-state index in [4.69, 9.17) is 11.6 Å². The maximum Gasteiger partial charge on any atom is 0.488 e. The first-order valence-electron chi connectivity index (χ1n) is 2.04. The Morgan fingerprint density at radius 1 is 2.00 bits per heavy atom. The normalized spacial score (nSPS) is 15.6. The van der Waals surface area contributed by atoms with Crippen LogP contribution in [0.15, 0.2) is 0 Å². The van der Waals surface area contributed by atoms with Gasteiger partial charge in [-0.1, -0.05) is 0 Å². The van der Waals surface area contributed by atoms with Crippen molar-refractivity contribution in [2.75, 3.05) is 6.61 Å². The van der Waals surface area contributed by atoms with Gasteiger partial charge in [0, 0.05) is 0 Å². The van der Waals surface area contributed by atoms with E-state index in [9.17, 15) is 9.46 Å². The molecule has 0 saturated heterocycles. The molecule has 8 heavy (non-hydrogen) atoms. The highest BCUT2D eigenvalue weighted by Crippen LogP contribution is 2.10. The number of hydrogen-bond acceptors (Lipinski definition) is 3. The molecule has 0 bridgehead atoms.